The standard InChI is InChI=1S/C7H12O5/c1-3-4(8)7(2,12)5(9)6(10)11/h5,9,12H,3H2,1-2H3,(H,10,11)/t5-,7-/m1/s1. The molecule has 0 saturated heterocycles. The Morgan fingerprint density at radius 1 is 1.50 bits per heavy atom. The molecule has 0 aliphatic carbocycles. The van der Waals surface area contributed by atoms with Crippen molar-refractivity contribution >= 4 is 11.8 Å². The summed E-state index contributed by atoms with van der Waals surface area (Å²) < 4.78 is 0. The van der Waals surface area contributed by atoms with Crippen molar-refractivity contribution in [2.75, 3.05) is 0 Å². The molecule has 0 aliphatic heterocycles. The third-order valence-electron chi connectivity index (χ3n) is 1.65. The summed E-state index contributed by atoms with van der Waals surface area (Å²) in [4.78, 5) is 21.1. The molecule has 0 amide bonds. The molecule has 0 aliphatic rings. The van der Waals surface area contributed by atoms with E-state index in [-0.39, 0.29) is 6.42 Å². The molecular weight excluding hydrogens is 164 g/mol. The van der Waals surface area contributed by atoms with Crippen LogP contribution >= 0.6 is 0 Å². The van der Waals surface area contributed by atoms with Gasteiger partial charge in [0.25, 0.3) is 0 Å². The lowest BCUT2D eigenvalue weighted by atomic mass is 9.92. The molecule has 0 fully saturated rings. The highest BCUT2D eigenvalue weighted by Crippen LogP contribution is 2.13. The summed E-state index contributed by atoms with van der Waals surface area (Å²) in [5, 5.41) is 26.4. The first-order valence-electron chi connectivity index (χ1n) is 3.50. The third-order valence-corrected chi connectivity index (χ3v) is 1.65. The van der Waals surface area contributed by atoms with Crippen LogP contribution in [0.1, 0.15) is 20.3 Å². The number of aliphatic hydroxyl groups is 2. The molecule has 0 radical (unpaired) electrons. The maximum atomic E-state index is 10.9. The van der Waals surface area contributed by atoms with Gasteiger partial charge in [-0.1, -0.05) is 6.92 Å². The van der Waals surface area contributed by atoms with E-state index < -0.39 is 23.5 Å². The lowest BCUT2D eigenvalue weighted by Gasteiger charge is -2.23. The molecule has 0 rings (SSSR count). The summed E-state index contributed by atoms with van der Waals surface area (Å²) in [6, 6.07) is 0. The van der Waals surface area contributed by atoms with Gasteiger partial charge >= 0.3 is 5.97 Å². The van der Waals surface area contributed by atoms with E-state index in [2.05, 4.69) is 0 Å². The van der Waals surface area contributed by atoms with E-state index >= 15 is 0 Å². The molecule has 12 heavy (non-hydrogen) atoms. The molecular formula is C7H12O5. The van der Waals surface area contributed by atoms with Crippen LogP contribution in [0.2, 0.25) is 0 Å². The fraction of sp³-hybridized carbons (Fsp3) is 0.714. The van der Waals surface area contributed by atoms with E-state index in [1.54, 1.807) is 0 Å². The van der Waals surface area contributed by atoms with Crippen LogP contribution < -0.4 is 0 Å². The van der Waals surface area contributed by atoms with Crippen molar-refractivity contribution in [2.45, 2.75) is 32.0 Å². The van der Waals surface area contributed by atoms with Gasteiger partial charge in [0.15, 0.2) is 17.5 Å². The Balaban J connectivity index is 4.60. The summed E-state index contributed by atoms with van der Waals surface area (Å²) >= 11 is 0. The van der Waals surface area contributed by atoms with Gasteiger partial charge in [-0.25, -0.2) is 4.79 Å². The number of carboxylic acids is 1. The van der Waals surface area contributed by atoms with Gasteiger partial charge in [0, 0.05) is 6.42 Å². The van der Waals surface area contributed by atoms with Gasteiger partial charge < -0.3 is 15.3 Å². The zero-order chi connectivity index (χ0) is 9.94. The van der Waals surface area contributed by atoms with Crippen molar-refractivity contribution in [2.24, 2.45) is 0 Å². The first-order chi connectivity index (χ1) is 5.34. The molecule has 0 heterocycles. The lowest BCUT2D eigenvalue weighted by Crippen LogP contribution is -2.50. The second kappa shape index (κ2) is 3.64. The molecule has 2 atom stereocenters. The summed E-state index contributed by atoms with van der Waals surface area (Å²) in [7, 11) is 0. The van der Waals surface area contributed by atoms with Crippen molar-refractivity contribution in [1.29, 1.82) is 0 Å². The van der Waals surface area contributed by atoms with E-state index in [0.717, 1.165) is 6.92 Å². The molecule has 0 aromatic rings. The SMILES string of the molecule is CCC(=O)[C@@](C)(O)[C@H](O)C(=O)O. The van der Waals surface area contributed by atoms with Crippen molar-refractivity contribution in [3.63, 3.8) is 0 Å². The Morgan fingerprint density at radius 2 is 1.92 bits per heavy atom. The second-order valence-corrected chi connectivity index (χ2v) is 2.67. The summed E-state index contributed by atoms with van der Waals surface area (Å²) in [5.41, 5.74) is -2.19. The van der Waals surface area contributed by atoms with Gasteiger partial charge in [-0.2, -0.15) is 0 Å². The molecule has 0 spiro atoms. The lowest BCUT2D eigenvalue weighted by molar-refractivity contribution is -0.168. The van der Waals surface area contributed by atoms with Crippen molar-refractivity contribution in [3.8, 4) is 0 Å². The molecule has 0 aromatic heterocycles. The maximum Gasteiger partial charge on any atom is 0.336 e. The number of aliphatic hydroxyl groups excluding tert-OH is 1. The number of carbonyl (C=O) groups excluding carboxylic acids is 1. The number of carboxylic acid groups (broad SMARTS) is 1. The van der Waals surface area contributed by atoms with Crippen LogP contribution in [-0.4, -0.2) is 38.8 Å². The quantitative estimate of drug-likeness (QED) is 0.519. The summed E-state index contributed by atoms with van der Waals surface area (Å²) in [5.74, 6) is -2.31. The first-order valence-corrected chi connectivity index (χ1v) is 3.50. The van der Waals surface area contributed by atoms with Crippen LogP contribution in [0.5, 0.6) is 0 Å². The fourth-order valence-electron chi connectivity index (χ4n) is 0.751. The Labute approximate surface area is 69.6 Å². The molecule has 70 valence electrons. The number of ketones is 1. The Kier molecular flexibility index (Phi) is 3.36. The molecule has 0 aromatic carbocycles. The van der Waals surface area contributed by atoms with E-state index in [4.69, 9.17) is 10.2 Å². The largest absolute Gasteiger partial charge is 0.479 e. The number of aliphatic carboxylic acids is 1. The van der Waals surface area contributed by atoms with Crippen LogP contribution in [-0.2, 0) is 9.59 Å². The fourth-order valence-corrected chi connectivity index (χ4v) is 0.751. The van der Waals surface area contributed by atoms with Crippen LogP contribution in [0.15, 0.2) is 0 Å². The zero-order valence-electron chi connectivity index (χ0n) is 6.94. The topological polar surface area (TPSA) is 94.8 Å². The molecule has 5 nitrogen and oxygen atoms in total. The minimum absolute atomic E-state index is 0.0165. The van der Waals surface area contributed by atoms with Crippen LogP contribution in [0.3, 0.4) is 0 Å². The minimum Gasteiger partial charge on any atom is -0.479 e. The van der Waals surface area contributed by atoms with Crippen molar-refractivity contribution in [3.05, 3.63) is 0 Å². The summed E-state index contributed by atoms with van der Waals surface area (Å²) in [6.45, 7) is 2.46. The van der Waals surface area contributed by atoms with Gasteiger partial charge in [0.2, 0.25) is 0 Å². The molecule has 0 bridgehead atoms. The monoisotopic (exact) mass is 176 g/mol. The Bertz CT molecular complexity index is 196. The molecule has 0 saturated carbocycles. The minimum atomic E-state index is -2.19. The number of hydrogen-bond donors (Lipinski definition) is 3. The van der Waals surface area contributed by atoms with E-state index in [1.807, 2.05) is 0 Å². The number of carbonyl (C=O) groups is 2. The number of rotatable bonds is 4. The molecule has 0 unspecified atom stereocenters. The normalized spacial score (nSPS) is 18.0. The number of hydrogen-bond acceptors (Lipinski definition) is 4. The number of Topliss-reactive ketones (excluding diaryl/α,β-unsaturated/α-hetero) is 1. The van der Waals surface area contributed by atoms with Gasteiger partial charge in [-0.15, -0.1) is 0 Å². The zero-order valence-corrected chi connectivity index (χ0v) is 6.94. The van der Waals surface area contributed by atoms with Crippen molar-refractivity contribution < 1.29 is 24.9 Å². The predicted molar refractivity (Wildman–Crippen MR) is 39.6 cm³/mol. The van der Waals surface area contributed by atoms with E-state index in [9.17, 15) is 14.7 Å². The van der Waals surface area contributed by atoms with Gasteiger partial charge in [0.1, 0.15) is 0 Å². The molecule has 5 heteroatoms. The van der Waals surface area contributed by atoms with Crippen LogP contribution in [0.4, 0.5) is 0 Å². The third kappa shape index (κ3) is 2.02. The highest BCUT2D eigenvalue weighted by Gasteiger charge is 2.41. The van der Waals surface area contributed by atoms with Crippen molar-refractivity contribution in [1.82, 2.24) is 0 Å². The van der Waals surface area contributed by atoms with Gasteiger partial charge in [-0.3, -0.25) is 4.79 Å². The average molecular weight is 176 g/mol. The summed E-state index contributed by atoms with van der Waals surface area (Å²) in [6.07, 6.45) is -2.08. The Hall–Kier alpha value is -0.940. The van der Waals surface area contributed by atoms with E-state index in [0.29, 0.717) is 0 Å². The average Bonchev–Trinajstić information content (AvgIpc) is 2.01. The smallest absolute Gasteiger partial charge is 0.336 e. The predicted octanol–water partition coefficient (Wildman–Crippen LogP) is -0.838. The highest BCUT2D eigenvalue weighted by molar-refractivity contribution is 5.92. The van der Waals surface area contributed by atoms with Crippen LogP contribution in [0.25, 0.3) is 0 Å². The van der Waals surface area contributed by atoms with Gasteiger partial charge in [-0.05, 0) is 6.92 Å². The van der Waals surface area contributed by atoms with Gasteiger partial charge in [0.05, 0.1) is 0 Å². The maximum absolute atomic E-state index is 10.9. The Morgan fingerprint density at radius 3 is 2.17 bits per heavy atom. The van der Waals surface area contributed by atoms with E-state index in [1.165, 1.54) is 6.92 Å². The molecule has 3 N–H and O–H groups in total. The first kappa shape index (κ1) is 11.1. The van der Waals surface area contributed by atoms with Crippen LogP contribution in [0, 0.1) is 0 Å². The second-order valence-electron chi connectivity index (χ2n) is 2.67. The highest BCUT2D eigenvalue weighted by atomic mass is 16.4.